The van der Waals surface area contributed by atoms with Crippen molar-refractivity contribution < 1.29 is 22.4 Å². The molecule has 0 bridgehead atoms. The topological polar surface area (TPSA) is 86.8 Å². The number of likely N-dealkylation sites (N-methyl/N-ethyl adjacent to an activating group) is 1. The van der Waals surface area contributed by atoms with Crippen LogP contribution in [0.3, 0.4) is 0 Å². The van der Waals surface area contributed by atoms with E-state index in [1.54, 1.807) is 38.1 Å². The van der Waals surface area contributed by atoms with Gasteiger partial charge in [-0.25, -0.2) is 12.8 Å². The minimum Gasteiger partial charge on any atom is -0.355 e. The summed E-state index contributed by atoms with van der Waals surface area (Å²) in [6.45, 7) is 9.69. The molecule has 0 spiro atoms. The second-order valence-corrected chi connectivity index (χ2v) is 11.4. The molecule has 0 saturated carbocycles. The highest BCUT2D eigenvalue weighted by Crippen LogP contribution is 2.26. The van der Waals surface area contributed by atoms with Gasteiger partial charge in [-0.15, -0.1) is 0 Å². The van der Waals surface area contributed by atoms with Gasteiger partial charge in [0.1, 0.15) is 18.4 Å². The fourth-order valence-corrected chi connectivity index (χ4v) is 4.59. The van der Waals surface area contributed by atoms with E-state index in [9.17, 15) is 22.4 Å². The van der Waals surface area contributed by atoms with Crippen molar-refractivity contribution in [1.29, 1.82) is 0 Å². The zero-order chi connectivity index (χ0) is 26.4. The Kier molecular flexibility index (Phi) is 9.43. The smallest absolute Gasteiger partial charge is 0.244 e. The molecule has 2 rings (SSSR count). The fourth-order valence-electron chi connectivity index (χ4n) is 3.74. The van der Waals surface area contributed by atoms with Crippen LogP contribution in [-0.2, 0) is 31.6 Å². The third-order valence-corrected chi connectivity index (χ3v) is 6.84. The molecule has 0 aromatic heterocycles. The highest BCUT2D eigenvalue weighted by atomic mass is 32.2. The number of rotatable bonds is 10. The van der Waals surface area contributed by atoms with Crippen molar-refractivity contribution in [2.45, 2.75) is 59.0 Å². The number of nitrogens with one attached hydrogen (secondary N) is 1. The van der Waals surface area contributed by atoms with Gasteiger partial charge in [0.05, 0.1) is 11.9 Å². The van der Waals surface area contributed by atoms with E-state index in [-0.39, 0.29) is 17.9 Å². The van der Waals surface area contributed by atoms with Crippen LogP contribution in [0.15, 0.2) is 48.5 Å². The minimum atomic E-state index is -3.80. The number of hydrogen-bond acceptors (Lipinski definition) is 4. The van der Waals surface area contributed by atoms with E-state index in [0.717, 1.165) is 16.1 Å². The number of halogens is 1. The zero-order valence-corrected chi connectivity index (χ0v) is 22.2. The predicted molar refractivity (Wildman–Crippen MR) is 137 cm³/mol. The summed E-state index contributed by atoms with van der Waals surface area (Å²) >= 11 is 0. The number of carbonyl (C=O) groups excluding carboxylic acids is 2. The molecule has 0 aliphatic carbocycles. The Labute approximate surface area is 208 Å². The average Bonchev–Trinajstić information content (AvgIpc) is 2.77. The van der Waals surface area contributed by atoms with Crippen LogP contribution in [0.5, 0.6) is 0 Å². The predicted octanol–water partition coefficient (Wildman–Crippen LogP) is 3.83. The lowest BCUT2D eigenvalue weighted by atomic mass is 9.87. The van der Waals surface area contributed by atoms with Crippen LogP contribution < -0.4 is 9.62 Å². The summed E-state index contributed by atoms with van der Waals surface area (Å²) in [5, 5.41) is 2.74. The van der Waals surface area contributed by atoms with Gasteiger partial charge in [-0.2, -0.15) is 0 Å². The van der Waals surface area contributed by atoms with E-state index in [2.05, 4.69) is 26.1 Å². The first-order chi connectivity index (χ1) is 16.3. The first-order valence-corrected chi connectivity index (χ1v) is 13.5. The molecule has 0 aliphatic rings. The Morgan fingerprint density at radius 2 is 1.57 bits per heavy atom. The lowest BCUT2D eigenvalue weighted by Crippen LogP contribution is -2.52. The summed E-state index contributed by atoms with van der Waals surface area (Å²) in [5.41, 5.74) is 1.91. The lowest BCUT2D eigenvalue weighted by molar-refractivity contribution is -0.140. The normalized spacial score (nSPS) is 12.7. The summed E-state index contributed by atoms with van der Waals surface area (Å²) in [6.07, 6.45) is 1.38. The van der Waals surface area contributed by atoms with Crippen LogP contribution in [-0.4, -0.2) is 50.5 Å². The second kappa shape index (κ2) is 11.7. The molecule has 0 radical (unpaired) electrons. The maximum absolute atomic E-state index is 13.5. The Morgan fingerprint density at radius 3 is 2.03 bits per heavy atom. The lowest BCUT2D eigenvalue weighted by Gasteiger charge is -2.33. The molecule has 1 N–H and O–H groups in total. The summed E-state index contributed by atoms with van der Waals surface area (Å²) in [7, 11) is -3.80. The standard InChI is InChI=1S/C26H36FN3O4S/c1-7-23(25(32)28-8-2)29(17-19-9-13-21(27)14-10-19)24(31)18-30(35(6,33)34)22-15-11-20(12-16-22)26(3,4)5/h9-16,23H,7-8,17-18H2,1-6H3,(H,28,32)/t23-/m1/s1. The van der Waals surface area contributed by atoms with Crippen LogP contribution in [0.1, 0.15) is 52.2 Å². The van der Waals surface area contributed by atoms with E-state index in [1.165, 1.54) is 17.0 Å². The molecule has 7 nitrogen and oxygen atoms in total. The molecule has 0 aliphatic heterocycles. The van der Waals surface area contributed by atoms with E-state index in [1.807, 2.05) is 12.1 Å². The summed E-state index contributed by atoms with van der Waals surface area (Å²) in [6, 6.07) is 11.9. The average molecular weight is 506 g/mol. The summed E-state index contributed by atoms with van der Waals surface area (Å²) in [4.78, 5) is 27.7. The van der Waals surface area contributed by atoms with Gasteiger partial charge in [0.25, 0.3) is 0 Å². The van der Waals surface area contributed by atoms with Crippen LogP contribution in [0.4, 0.5) is 10.1 Å². The molecule has 0 unspecified atom stereocenters. The summed E-state index contributed by atoms with van der Waals surface area (Å²) in [5.74, 6) is -1.27. The van der Waals surface area contributed by atoms with Crippen molar-refractivity contribution in [3.63, 3.8) is 0 Å². The summed E-state index contributed by atoms with van der Waals surface area (Å²) < 4.78 is 39.8. The third-order valence-electron chi connectivity index (χ3n) is 5.70. The van der Waals surface area contributed by atoms with Gasteiger partial charge in [-0.05, 0) is 54.2 Å². The van der Waals surface area contributed by atoms with Gasteiger partial charge in [0.15, 0.2) is 0 Å². The molecule has 0 heterocycles. The molecule has 0 saturated heterocycles. The highest BCUT2D eigenvalue weighted by molar-refractivity contribution is 7.92. The first-order valence-electron chi connectivity index (χ1n) is 11.7. The van der Waals surface area contributed by atoms with Crippen molar-refractivity contribution >= 4 is 27.5 Å². The largest absolute Gasteiger partial charge is 0.355 e. The molecule has 9 heteroatoms. The van der Waals surface area contributed by atoms with Gasteiger partial charge in [-0.3, -0.25) is 13.9 Å². The van der Waals surface area contributed by atoms with E-state index < -0.39 is 34.3 Å². The Bertz CT molecular complexity index is 1110. The molecular weight excluding hydrogens is 469 g/mol. The number of anilines is 1. The maximum atomic E-state index is 13.5. The van der Waals surface area contributed by atoms with E-state index in [4.69, 9.17) is 0 Å². The fraction of sp³-hybridized carbons (Fsp3) is 0.462. The van der Waals surface area contributed by atoms with Crippen molar-refractivity contribution in [1.82, 2.24) is 10.2 Å². The van der Waals surface area contributed by atoms with Crippen molar-refractivity contribution in [3.8, 4) is 0 Å². The molecule has 2 aromatic carbocycles. The Hall–Kier alpha value is -2.94. The van der Waals surface area contributed by atoms with Crippen LogP contribution in [0, 0.1) is 5.82 Å². The van der Waals surface area contributed by atoms with Crippen LogP contribution in [0.25, 0.3) is 0 Å². The van der Waals surface area contributed by atoms with Gasteiger partial charge >= 0.3 is 0 Å². The number of benzene rings is 2. The minimum absolute atomic E-state index is 0.0370. The van der Waals surface area contributed by atoms with Crippen molar-refractivity contribution in [2.24, 2.45) is 0 Å². The third kappa shape index (κ3) is 7.78. The quantitative estimate of drug-likeness (QED) is 0.532. The van der Waals surface area contributed by atoms with Crippen molar-refractivity contribution in [2.75, 3.05) is 23.7 Å². The molecule has 2 aromatic rings. The van der Waals surface area contributed by atoms with Gasteiger partial charge in [0, 0.05) is 13.1 Å². The van der Waals surface area contributed by atoms with Gasteiger partial charge < -0.3 is 10.2 Å². The number of amides is 2. The molecular formula is C26H36FN3O4S. The second-order valence-electron chi connectivity index (χ2n) is 9.53. The van der Waals surface area contributed by atoms with E-state index in [0.29, 0.717) is 24.2 Å². The van der Waals surface area contributed by atoms with Crippen molar-refractivity contribution in [3.05, 3.63) is 65.5 Å². The first kappa shape index (κ1) is 28.3. The van der Waals surface area contributed by atoms with Gasteiger partial charge in [-0.1, -0.05) is 52.0 Å². The Morgan fingerprint density at radius 1 is 1.00 bits per heavy atom. The molecule has 1 atom stereocenters. The van der Waals surface area contributed by atoms with Crippen LogP contribution >= 0.6 is 0 Å². The number of nitrogens with zero attached hydrogens (tertiary/aromatic N) is 2. The molecule has 0 fully saturated rings. The number of sulfonamides is 1. The maximum Gasteiger partial charge on any atom is 0.244 e. The Balaban J connectivity index is 2.42. The van der Waals surface area contributed by atoms with Gasteiger partial charge in [0.2, 0.25) is 21.8 Å². The number of hydrogen-bond donors (Lipinski definition) is 1. The molecule has 192 valence electrons. The number of carbonyl (C=O) groups is 2. The SMILES string of the molecule is CCNC(=O)[C@@H](CC)N(Cc1ccc(F)cc1)C(=O)CN(c1ccc(C(C)(C)C)cc1)S(C)(=O)=O. The molecule has 2 amide bonds. The monoisotopic (exact) mass is 505 g/mol. The van der Waals surface area contributed by atoms with E-state index >= 15 is 0 Å². The zero-order valence-electron chi connectivity index (χ0n) is 21.3. The molecule has 35 heavy (non-hydrogen) atoms. The van der Waals surface area contributed by atoms with Crippen LogP contribution in [0.2, 0.25) is 0 Å². The highest BCUT2D eigenvalue weighted by Gasteiger charge is 2.31.